The number of Topliss-reactive ketones (excluding diaryl/α,β-unsaturated/α-hetero) is 1. The fourth-order valence-corrected chi connectivity index (χ4v) is 3.14. The average Bonchev–Trinajstić information content (AvgIpc) is 2.60. The maximum absolute atomic E-state index is 12.4. The molecule has 3 rings (SSSR count). The van der Waals surface area contributed by atoms with Gasteiger partial charge in [-0.1, -0.05) is 30.3 Å². The van der Waals surface area contributed by atoms with E-state index in [1.165, 1.54) is 14.2 Å². The molecular weight excluding hydrogens is 306 g/mol. The number of carbonyl (C=O) groups is 2. The Morgan fingerprint density at radius 3 is 2.54 bits per heavy atom. The molecule has 1 aliphatic heterocycles. The molecule has 0 amide bonds. The van der Waals surface area contributed by atoms with Crippen LogP contribution in [0, 0.1) is 0 Å². The Morgan fingerprint density at radius 2 is 1.92 bits per heavy atom. The maximum atomic E-state index is 12.4. The fourth-order valence-electron chi connectivity index (χ4n) is 3.14. The van der Waals surface area contributed by atoms with Crippen LogP contribution in [-0.4, -0.2) is 44.0 Å². The molecule has 0 bridgehead atoms. The van der Waals surface area contributed by atoms with Crippen molar-refractivity contribution in [3.05, 3.63) is 65.0 Å². The topological polar surface area (TPSA) is 55.8 Å². The Morgan fingerprint density at radius 1 is 1.21 bits per heavy atom. The number of benzene rings is 1. The highest BCUT2D eigenvalue weighted by Crippen LogP contribution is 2.41. The largest absolute Gasteiger partial charge is 0.464 e. The van der Waals surface area contributed by atoms with Gasteiger partial charge in [0.1, 0.15) is 11.8 Å². The fraction of sp³-hybridized carbons (Fsp3) is 0.263. The molecule has 0 radical (unpaired) electrons. The highest BCUT2D eigenvalue weighted by atomic mass is 16.5. The zero-order valence-electron chi connectivity index (χ0n) is 13.9. The molecule has 1 aromatic carbocycles. The molecule has 1 atom stereocenters. The van der Waals surface area contributed by atoms with E-state index in [9.17, 15) is 9.59 Å². The van der Waals surface area contributed by atoms with Gasteiger partial charge in [0.2, 0.25) is 0 Å². The Balaban J connectivity index is 2.25. The Kier molecular flexibility index (Phi) is 4.36. The van der Waals surface area contributed by atoms with Crippen molar-refractivity contribution in [3.63, 3.8) is 0 Å². The third kappa shape index (κ3) is 2.67. The van der Waals surface area contributed by atoms with Gasteiger partial charge in [0, 0.05) is 32.4 Å². The SMILES string of the molecule is COC(=O)C1=C(c2ccccc2)C2=CC(OC)C(=O)CC2=CN1C. The average molecular weight is 325 g/mol. The van der Waals surface area contributed by atoms with Crippen molar-refractivity contribution in [2.45, 2.75) is 12.5 Å². The van der Waals surface area contributed by atoms with Crippen molar-refractivity contribution in [3.8, 4) is 0 Å². The number of methoxy groups -OCH3 is 2. The summed E-state index contributed by atoms with van der Waals surface area (Å²) in [6, 6.07) is 9.62. The van der Waals surface area contributed by atoms with Crippen LogP contribution in [0.1, 0.15) is 12.0 Å². The molecular formula is C19H19NO4. The number of ether oxygens (including phenoxy) is 2. The van der Waals surface area contributed by atoms with Gasteiger partial charge < -0.3 is 14.4 Å². The summed E-state index contributed by atoms with van der Waals surface area (Å²) in [5.41, 5.74) is 3.83. The van der Waals surface area contributed by atoms with Crippen molar-refractivity contribution in [2.24, 2.45) is 0 Å². The number of carbonyl (C=O) groups excluding carboxylic acids is 2. The summed E-state index contributed by atoms with van der Waals surface area (Å²) in [6.07, 6.45) is 3.28. The van der Waals surface area contributed by atoms with Crippen molar-refractivity contribution >= 4 is 17.3 Å². The standard InChI is InChI=1S/C19H19NO4/c1-20-11-13-9-15(21)16(23-2)10-14(13)17(18(20)19(22)24-3)12-7-5-4-6-8-12/h4-8,10-11,16H,9H2,1-3H3. The number of hydrogen-bond donors (Lipinski definition) is 0. The molecule has 24 heavy (non-hydrogen) atoms. The Bertz CT molecular complexity index is 774. The number of rotatable bonds is 3. The van der Waals surface area contributed by atoms with Crippen molar-refractivity contribution in [2.75, 3.05) is 21.3 Å². The lowest BCUT2D eigenvalue weighted by molar-refractivity contribution is -0.137. The smallest absolute Gasteiger partial charge is 0.355 e. The van der Waals surface area contributed by atoms with Gasteiger partial charge in [0.15, 0.2) is 5.78 Å². The molecule has 1 heterocycles. The summed E-state index contributed by atoms with van der Waals surface area (Å²) in [4.78, 5) is 26.3. The molecule has 124 valence electrons. The second-order valence-corrected chi connectivity index (χ2v) is 5.73. The Labute approximate surface area is 140 Å². The lowest BCUT2D eigenvalue weighted by atomic mass is 9.81. The molecule has 1 unspecified atom stereocenters. The molecule has 0 saturated heterocycles. The quantitative estimate of drug-likeness (QED) is 0.798. The second kappa shape index (κ2) is 6.45. The van der Waals surface area contributed by atoms with Gasteiger partial charge in [-0.15, -0.1) is 0 Å². The van der Waals surface area contributed by atoms with Crippen LogP contribution in [0.2, 0.25) is 0 Å². The van der Waals surface area contributed by atoms with E-state index in [0.717, 1.165) is 22.3 Å². The molecule has 0 aromatic heterocycles. The van der Waals surface area contributed by atoms with Gasteiger partial charge in [0.05, 0.1) is 7.11 Å². The van der Waals surface area contributed by atoms with E-state index in [1.54, 1.807) is 18.0 Å². The number of esters is 1. The van der Waals surface area contributed by atoms with Gasteiger partial charge in [-0.25, -0.2) is 4.79 Å². The van der Waals surface area contributed by atoms with E-state index in [1.807, 2.05) is 36.5 Å². The van der Waals surface area contributed by atoms with E-state index in [0.29, 0.717) is 5.70 Å². The van der Waals surface area contributed by atoms with Gasteiger partial charge in [-0.3, -0.25) is 4.79 Å². The van der Waals surface area contributed by atoms with E-state index in [4.69, 9.17) is 9.47 Å². The first-order valence-corrected chi connectivity index (χ1v) is 7.66. The van der Waals surface area contributed by atoms with Crippen LogP contribution >= 0.6 is 0 Å². The molecule has 1 aliphatic carbocycles. The minimum absolute atomic E-state index is 0.00910. The minimum atomic E-state index is -0.599. The molecule has 0 spiro atoms. The lowest BCUT2D eigenvalue weighted by Crippen LogP contribution is -2.32. The van der Waals surface area contributed by atoms with Gasteiger partial charge in [-0.2, -0.15) is 0 Å². The van der Waals surface area contributed by atoms with Crippen LogP contribution < -0.4 is 0 Å². The normalized spacial score (nSPS) is 20.4. The van der Waals surface area contributed by atoms with E-state index >= 15 is 0 Å². The third-order valence-corrected chi connectivity index (χ3v) is 4.25. The number of fused-ring (bicyclic) bond motifs is 1. The predicted octanol–water partition coefficient (Wildman–Crippen LogP) is 2.31. The van der Waals surface area contributed by atoms with Crippen LogP contribution in [-0.2, 0) is 19.1 Å². The number of nitrogens with zero attached hydrogens (tertiary/aromatic N) is 1. The van der Waals surface area contributed by atoms with E-state index in [2.05, 4.69) is 0 Å². The molecule has 0 saturated carbocycles. The van der Waals surface area contributed by atoms with E-state index in [-0.39, 0.29) is 12.2 Å². The zero-order valence-corrected chi connectivity index (χ0v) is 13.9. The summed E-state index contributed by atoms with van der Waals surface area (Å²) < 4.78 is 10.3. The molecule has 0 fully saturated rings. The summed E-state index contributed by atoms with van der Waals surface area (Å²) in [7, 11) is 4.66. The summed E-state index contributed by atoms with van der Waals surface area (Å²) >= 11 is 0. The highest BCUT2D eigenvalue weighted by Gasteiger charge is 2.34. The molecule has 5 heteroatoms. The molecule has 0 N–H and O–H groups in total. The Hall–Kier alpha value is -2.66. The molecule has 5 nitrogen and oxygen atoms in total. The van der Waals surface area contributed by atoms with Crippen molar-refractivity contribution < 1.29 is 19.1 Å². The number of ketones is 1. The third-order valence-electron chi connectivity index (χ3n) is 4.25. The van der Waals surface area contributed by atoms with Gasteiger partial charge in [-0.05, 0) is 22.8 Å². The van der Waals surface area contributed by atoms with Crippen LogP contribution in [0.15, 0.2) is 59.5 Å². The monoisotopic (exact) mass is 325 g/mol. The summed E-state index contributed by atoms with van der Waals surface area (Å²) in [5.74, 6) is -0.409. The summed E-state index contributed by atoms with van der Waals surface area (Å²) in [5, 5.41) is 0. The zero-order chi connectivity index (χ0) is 17.3. The van der Waals surface area contributed by atoms with Crippen LogP contribution in [0.5, 0.6) is 0 Å². The first-order valence-electron chi connectivity index (χ1n) is 7.66. The van der Waals surface area contributed by atoms with Crippen LogP contribution in [0.4, 0.5) is 0 Å². The predicted molar refractivity (Wildman–Crippen MR) is 89.7 cm³/mol. The summed E-state index contributed by atoms with van der Waals surface area (Å²) in [6.45, 7) is 0. The number of hydrogen-bond acceptors (Lipinski definition) is 5. The lowest BCUT2D eigenvalue weighted by Gasteiger charge is -2.33. The van der Waals surface area contributed by atoms with Crippen molar-refractivity contribution in [1.82, 2.24) is 4.90 Å². The maximum Gasteiger partial charge on any atom is 0.355 e. The first-order chi connectivity index (χ1) is 11.6. The van der Waals surface area contributed by atoms with Crippen molar-refractivity contribution in [1.29, 1.82) is 0 Å². The minimum Gasteiger partial charge on any atom is -0.464 e. The van der Waals surface area contributed by atoms with Crippen LogP contribution in [0.3, 0.4) is 0 Å². The first kappa shape index (κ1) is 16.2. The van der Waals surface area contributed by atoms with Crippen LogP contribution in [0.25, 0.3) is 5.57 Å². The number of likely N-dealkylation sites (N-methyl/N-ethyl adjacent to an activating group) is 1. The van der Waals surface area contributed by atoms with Gasteiger partial charge >= 0.3 is 5.97 Å². The molecule has 1 aromatic rings. The van der Waals surface area contributed by atoms with Gasteiger partial charge in [0.25, 0.3) is 0 Å². The number of allylic oxidation sites excluding steroid dienone is 3. The molecule has 2 aliphatic rings. The highest BCUT2D eigenvalue weighted by molar-refractivity contribution is 6.06. The van der Waals surface area contributed by atoms with E-state index < -0.39 is 12.1 Å². The second-order valence-electron chi connectivity index (χ2n) is 5.73.